The number of fused-ring (bicyclic) bond motifs is 5. The molecule has 1 heterocycles. The van der Waals surface area contributed by atoms with Crippen molar-refractivity contribution >= 4 is 29.4 Å². The maximum Gasteiger partial charge on any atom is 0.330 e. The molecule has 2 fully saturated rings. The zero-order valence-corrected chi connectivity index (χ0v) is 20.0. The first-order valence-corrected chi connectivity index (χ1v) is 12.2. The molecule has 2 bridgehead atoms. The molecule has 0 unspecified atom stereocenters. The van der Waals surface area contributed by atoms with Gasteiger partial charge in [0.15, 0.2) is 6.61 Å². The molecule has 0 aromatic heterocycles. The number of benzene rings is 2. The van der Waals surface area contributed by atoms with Gasteiger partial charge in [-0.15, -0.1) is 0 Å². The highest BCUT2D eigenvalue weighted by Gasteiger charge is 2.61. The van der Waals surface area contributed by atoms with Gasteiger partial charge in [-0.1, -0.05) is 42.5 Å². The van der Waals surface area contributed by atoms with E-state index in [1.165, 1.54) is 0 Å². The van der Waals surface area contributed by atoms with Crippen molar-refractivity contribution in [2.75, 3.05) is 18.5 Å². The van der Waals surface area contributed by atoms with Crippen LogP contribution >= 0.6 is 0 Å². The Morgan fingerprint density at radius 1 is 0.972 bits per heavy atom. The number of amides is 3. The molecule has 5 atom stereocenters. The summed E-state index contributed by atoms with van der Waals surface area (Å²) in [5.41, 5.74) is 1.32. The Hall–Kier alpha value is -3.94. The van der Waals surface area contributed by atoms with E-state index in [0.29, 0.717) is 18.0 Å². The number of hydrogen-bond donors (Lipinski definition) is 1. The van der Waals surface area contributed by atoms with Crippen LogP contribution in [0.2, 0.25) is 0 Å². The molecule has 8 nitrogen and oxygen atoms in total. The van der Waals surface area contributed by atoms with Crippen LogP contribution in [0.3, 0.4) is 0 Å². The van der Waals surface area contributed by atoms with Gasteiger partial charge in [-0.05, 0) is 55.0 Å². The average molecular weight is 489 g/mol. The van der Waals surface area contributed by atoms with Crippen LogP contribution in [-0.4, -0.2) is 47.8 Å². The van der Waals surface area contributed by atoms with E-state index >= 15 is 0 Å². The second kappa shape index (κ2) is 9.97. The number of ether oxygens (including phenoxy) is 2. The van der Waals surface area contributed by atoms with E-state index in [2.05, 4.69) is 5.32 Å². The number of carbonyl (C=O) groups excluding carboxylic acids is 4. The smallest absolute Gasteiger partial charge is 0.330 e. The Kier molecular flexibility index (Phi) is 6.59. The van der Waals surface area contributed by atoms with Crippen molar-refractivity contribution in [2.45, 2.75) is 25.8 Å². The van der Waals surface area contributed by atoms with Crippen molar-refractivity contribution in [3.63, 3.8) is 0 Å². The molecule has 186 valence electrons. The van der Waals surface area contributed by atoms with Crippen LogP contribution in [0, 0.1) is 23.7 Å². The number of anilines is 1. The minimum atomic E-state index is -1.13. The van der Waals surface area contributed by atoms with Crippen LogP contribution < -0.4 is 10.1 Å². The van der Waals surface area contributed by atoms with Gasteiger partial charge in [0.25, 0.3) is 5.91 Å². The fourth-order valence-electron chi connectivity index (χ4n) is 5.58. The Bertz CT molecular complexity index is 1160. The molecule has 2 aromatic carbocycles. The molecule has 1 aliphatic heterocycles. The summed E-state index contributed by atoms with van der Waals surface area (Å²) in [7, 11) is 0. The SMILES string of the molecule is CCOc1ccc(NC(=O)COC(=O)[C@H](Cc2ccccc2)N2C(=O)[C@@H]3[C@@H](C2=O)[C@H]2C=C[C@H]3C2)cc1. The molecular weight excluding hydrogens is 460 g/mol. The quantitative estimate of drug-likeness (QED) is 0.331. The van der Waals surface area contributed by atoms with E-state index in [-0.39, 0.29) is 30.1 Å². The van der Waals surface area contributed by atoms with Crippen molar-refractivity contribution in [3.05, 3.63) is 72.3 Å². The second-order valence-electron chi connectivity index (χ2n) is 9.37. The number of carbonyl (C=O) groups is 4. The zero-order valence-electron chi connectivity index (χ0n) is 20.0. The number of nitrogens with zero attached hydrogens (tertiary/aromatic N) is 1. The summed E-state index contributed by atoms with van der Waals surface area (Å²) in [5, 5.41) is 2.67. The summed E-state index contributed by atoms with van der Waals surface area (Å²) < 4.78 is 10.7. The van der Waals surface area contributed by atoms with E-state index in [0.717, 1.165) is 16.9 Å². The highest BCUT2D eigenvalue weighted by atomic mass is 16.5. The van der Waals surface area contributed by atoms with Crippen LogP contribution in [-0.2, 0) is 30.3 Å². The Morgan fingerprint density at radius 3 is 2.22 bits per heavy atom. The van der Waals surface area contributed by atoms with Crippen molar-refractivity contribution in [1.29, 1.82) is 0 Å². The lowest BCUT2D eigenvalue weighted by Crippen LogP contribution is -2.48. The number of imide groups is 1. The average Bonchev–Trinajstić information content (AvgIpc) is 3.57. The highest BCUT2D eigenvalue weighted by Crippen LogP contribution is 2.53. The summed E-state index contributed by atoms with van der Waals surface area (Å²) in [4.78, 5) is 53.5. The summed E-state index contributed by atoms with van der Waals surface area (Å²) in [6.07, 6.45) is 4.95. The number of allylic oxidation sites excluding steroid dienone is 2. The fraction of sp³-hybridized carbons (Fsp3) is 0.357. The van der Waals surface area contributed by atoms with Crippen molar-refractivity contribution in [3.8, 4) is 5.75 Å². The van der Waals surface area contributed by atoms with Gasteiger partial charge in [-0.2, -0.15) is 0 Å². The lowest BCUT2D eigenvalue weighted by Gasteiger charge is -2.26. The topological polar surface area (TPSA) is 102 Å². The van der Waals surface area contributed by atoms with Gasteiger partial charge in [0, 0.05) is 12.1 Å². The molecule has 1 N–H and O–H groups in total. The van der Waals surface area contributed by atoms with Gasteiger partial charge >= 0.3 is 5.97 Å². The first-order chi connectivity index (χ1) is 17.5. The largest absolute Gasteiger partial charge is 0.494 e. The van der Waals surface area contributed by atoms with Crippen molar-refractivity contribution in [1.82, 2.24) is 4.90 Å². The number of likely N-dealkylation sites (tertiary alicyclic amines) is 1. The van der Waals surface area contributed by atoms with Gasteiger partial charge in [0.05, 0.1) is 18.4 Å². The summed E-state index contributed by atoms with van der Waals surface area (Å²) in [6.45, 7) is 1.88. The molecule has 2 aromatic rings. The van der Waals surface area contributed by atoms with Gasteiger partial charge in [-0.3, -0.25) is 19.3 Å². The van der Waals surface area contributed by atoms with Crippen LogP contribution in [0.15, 0.2) is 66.7 Å². The van der Waals surface area contributed by atoms with Crippen molar-refractivity contribution < 1.29 is 28.7 Å². The van der Waals surface area contributed by atoms with Gasteiger partial charge in [-0.25, -0.2) is 4.79 Å². The predicted octanol–water partition coefficient (Wildman–Crippen LogP) is 2.99. The standard InChI is InChI=1S/C28H28N2O6/c1-2-35-21-12-10-20(11-13-21)29-23(31)16-36-28(34)22(14-17-6-4-3-5-7-17)30-26(32)24-18-8-9-19(15-18)25(24)27(30)33/h3-13,18-19,22,24-25H,2,14-16H2,1H3,(H,29,31)/t18-,19-,22-,24-,25-/m0/s1. The predicted molar refractivity (Wildman–Crippen MR) is 131 cm³/mol. The Labute approximate surface area is 209 Å². The Morgan fingerprint density at radius 2 is 1.61 bits per heavy atom. The number of esters is 1. The fourth-order valence-corrected chi connectivity index (χ4v) is 5.58. The molecule has 3 aliphatic rings. The third-order valence-corrected chi connectivity index (χ3v) is 7.15. The highest BCUT2D eigenvalue weighted by molar-refractivity contribution is 6.09. The van der Waals surface area contributed by atoms with E-state index in [1.807, 2.05) is 49.4 Å². The molecule has 5 rings (SSSR count). The normalized spacial score (nSPS) is 24.5. The Balaban J connectivity index is 1.28. The number of nitrogens with one attached hydrogen (secondary N) is 1. The molecule has 8 heteroatoms. The third kappa shape index (κ3) is 4.51. The van der Waals surface area contributed by atoms with Gasteiger partial charge < -0.3 is 14.8 Å². The third-order valence-electron chi connectivity index (χ3n) is 7.15. The van der Waals surface area contributed by atoms with Crippen LogP contribution in [0.1, 0.15) is 18.9 Å². The van der Waals surface area contributed by atoms with Crippen LogP contribution in [0.5, 0.6) is 5.75 Å². The van der Waals surface area contributed by atoms with Gasteiger partial charge in [0.2, 0.25) is 11.8 Å². The minimum absolute atomic E-state index is 0.0368. The molecule has 1 saturated carbocycles. The number of hydrogen-bond acceptors (Lipinski definition) is 6. The molecule has 2 aliphatic carbocycles. The molecule has 0 radical (unpaired) electrons. The zero-order chi connectivity index (χ0) is 25.2. The minimum Gasteiger partial charge on any atom is -0.494 e. The van der Waals surface area contributed by atoms with Crippen LogP contribution in [0.25, 0.3) is 0 Å². The maximum absolute atomic E-state index is 13.4. The summed E-state index contributed by atoms with van der Waals surface area (Å²) >= 11 is 0. The molecule has 0 spiro atoms. The maximum atomic E-state index is 13.4. The lowest BCUT2D eigenvalue weighted by molar-refractivity contribution is -0.160. The molecule has 36 heavy (non-hydrogen) atoms. The number of rotatable bonds is 9. The van der Waals surface area contributed by atoms with E-state index in [9.17, 15) is 19.2 Å². The lowest BCUT2D eigenvalue weighted by atomic mass is 9.85. The van der Waals surface area contributed by atoms with Crippen LogP contribution in [0.4, 0.5) is 5.69 Å². The first-order valence-electron chi connectivity index (χ1n) is 12.2. The second-order valence-corrected chi connectivity index (χ2v) is 9.37. The molecule has 3 amide bonds. The van der Waals surface area contributed by atoms with E-state index < -0.39 is 36.4 Å². The monoisotopic (exact) mass is 488 g/mol. The van der Waals surface area contributed by atoms with E-state index in [4.69, 9.17) is 9.47 Å². The first kappa shape index (κ1) is 23.8. The van der Waals surface area contributed by atoms with Crippen molar-refractivity contribution in [2.24, 2.45) is 23.7 Å². The summed E-state index contributed by atoms with van der Waals surface area (Å²) in [5.74, 6) is -2.02. The molecule has 1 saturated heterocycles. The van der Waals surface area contributed by atoms with Gasteiger partial charge in [0.1, 0.15) is 11.8 Å². The summed E-state index contributed by atoms with van der Waals surface area (Å²) in [6, 6.07) is 14.9. The molecular formula is C28H28N2O6. The van der Waals surface area contributed by atoms with E-state index in [1.54, 1.807) is 24.3 Å².